The average Bonchev–Trinajstić information content (AvgIpc) is 2.66. The Morgan fingerprint density at radius 2 is 1.78 bits per heavy atom. The lowest BCUT2D eigenvalue weighted by Gasteiger charge is -2.32. The molecule has 1 aromatic carbocycles. The van der Waals surface area contributed by atoms with E-state index >= 15 is 0 Å². The minimum absolute atomic E-state index is 0.137. The molecule has 1 saturated heterocycles. The number of nitrogens with two attached hydrogens (primary N) is 1. The highest BCUT2D eigenvalue weighted by molar-refractivity contribution is 6.55. The molecule has 23 heavy (non-hydrogen) atoms. The molecule has 1 heterocycles. The summed E-state index contributed by atoms with van der Waals surface area (Å²) < 4.78 is 12.0. The summed E-state index contributed by atoms with van der Waals surface area (Å²) in [6.45, 7) is 12.1. The summed E-state index contributed by atoms with van der Waals surface area (Å²) in [4.78, 5) is 0. The van der Waals surface area contributed by atoms with Gasteiger partial charge in [0.2, 0.25) is 0 Å². The molecular formula is C18H28BNO3. The molecule has 1 aliphatic heterocycles. The molecule has 1 aromatic rings. The molecule has 4 nitrogen and oxygen atoms in total. The second kappa shape index (κ2) is 6.31. The van der Waals surface area contributed by atoms with Crippen LogP contribution in [0.5, 0.6) is 0 Å². The summed E-state index contributed by atoms with van der Waals surface area (Å²) in [5.41, 5.74) is 8.67. The van der Waals surface area contributed by atoms with Crippen molar-refractivity contribution in [2.75, 3.05) is 12.3 Å². The van der Waals surface area contributed by atoms with Gasteiger partial charge in [0.05, 0.1) is 17.8 Å². The number of hydrogen-bond donors (Lipinski definition) is 2. The van der Waals surface area contributed by atoms with Crippen molar-refractivity contribution in [1.82, 2.24) is 0 Å². The van der Waals surface area contributed by atoms with Gasteiger partial charge in [-0.1, -0.05) is 26.0 Å². The largest absolute Gasteiger partial charge is 0.492 e. The highest BCUT2D eigenvalue weighted by atomic mass is 16.7. The molecule has 0 saturated carbocycles. The maximum Gasteiger partial charge on any atom is 0.492 e. The van der Waals surface area contributed by atoms with Crippen molar-refractivity contribution in [3.8, 4) is 0 Å². The van der Waals surface area contributed by atoms with E-state index in [1.165, 1.54) is 5.56 Å². The number of aliphatic hydroxyl groups is 1. The van der Waals surface area contributed by atoms with E-state index in [4.69, 9.17) is 15.0 Å². The Bertz CT molecular complexity index is 592. The number of aliphatic hydroxyl groups excluding tert-OH is 1. The van der Waals surface area contributed by atoms with Gasteiger partial charge in [-0.05, 0) is 62.3 Å². The lowest BCUT2D eigenvalue weighted by atomic mass is 9.77. The van der Waals surface area contributed by atoms with Crippen LogP contribution >= 0.6 is 0 Å². The summed E-state index contributed by atoms with van der Waals surface area (Å²) in [5.74, 6) is 0.414. The fourth-order valence-electron chi connectivity index (χ4n) is 2.46. The lowest BCUT2D eigenvalue weighted by molar-refractivity contribution is 0.00578. The predicted octanol–water partition coefficient (Wildman–Crippen LogP) is 3.40. The predicted molar refractivity (Wildman–Crippen MR) is 96.1 cm³/mol. The molecule has 126 valence electrons. The van der Waals surface area contributed by atoms with Crippen molar-refractivity contribution < 1.29 is 14.4 Å². The van der Waals surface area contributed by atoms with E-state index in [2.05, 4.69) is 19.9 Å². The van der Waals surface area contributed by atoms with Crippen LogP contribution in [-0.2, 0) is 9.31 Å². The van der Waals surface area contributed by atoms with Gasteiger partial charge in [-0.3, -0.25) is 0 Å². The first-order valence-corrected chi connectivity index (χ1v) is 8.14. The highest BCUT2D eigenvalue weighted by Gasteiger charge is 2.52. The SMILES string of the molecule is CC(C)c1ccc(N)c(C=C(CO)B2OC(C)(C)C(C)(C)O2)c1. The van der Waals surface area contributed by atoms with Crippen molar-refractivity contribution in [2.45, 2.75) is 58.7 Å². The number of hydrogen-bond acceptors (Lipinski definition) is 4. The van der Waals surface area contributed by atoms with E-state index in [9.17, 15) is 5.11 Å². The van der Waals surface area contributed by atoms with Crippen LogP contribution in [0.4, 0.5) is 5.69 Å². The molecule has 3 N–H and O–H groups in total. The van der Waals surface area contributed by atoms with Crippen molar-refractivity contribution in [3.63, 3.8) is 0 Å². The zero-order valence-corrected chi connectivity index (χ0v) is 15.0. The van der Waals surface area contributed by atoms with Crippen LogP contribution in [0.1, 0.15) is 58.6 Å². The van der Waals surface area contributed by atoms with E-state index in [0.717, 1.165) is 5.56 Å². The van der Waals surface area contributed by atoms with E-state index in [0.29, 0.717) is 17.1 Å². The van der Waals surface area contributed by atoms with Gasteiger partial charge in [-0.25, -0.2) is 0 Å². The fraction of sp³-hybridized carbons (Fsp3) is 0.556. The summed E-state index contributed by atoms with van der Waals surface area (Å²) in [6, 6.07) is 5.99. The molecule has 1 aliphatic rings. The van der Waals surface area contributed by atoms with Crippen LogP contribution in [0.2, 0.25) is 0 Å². The van der Waals surface area contributed by atoms with E-state index < -0.39 is 18.3 Å². The quantitative estimate of drug-likeness (QED) is 0.660. The van der Waals surface area contributed by atoms with Gasteiger partial charge in [-0.15, -0.1) is 0 Å². The summed E-state index contributed by atoms with van der Waals surface area (Å²) in [6.07, 6.45) is 1.88. The third-order valence-corrected chi connectivity index (χ3v) is 4.86. The first kappa shape index (κ1) is 18.0. The van der Waals surface area contributed by atoms with Crippen LogP contribution in [0.3, 0.4) is 0 Å². The molecular weight excluding hydrogens is 289 g/mol. The van der Waals surface area contributed by atoms with Gasteiger partial charge in [-0.2, -0.15) is 0 Å². The van der Waals surface area contributed by atoms with E-state index in [1.54, 1.807) is 0 Å². The molecule has 0 aliphatic carbocycles. The van der Waals surface area contributed by atoms with Gasteiger partial charge in [0.15, 0.2) is 0 Å². The third-order valence-electron chi connectivity index (χ3n) is 4.86. The maximum absolute atomic E-state index is 9.79. The van der Waals surface area contributed by atoms with Gasteiger partial charge < -0.3 is 20.1 Å². The Balaban J connectivity index is 2.35. The smallest absolute Gasteiger partial charge is 0.400 e. The molecule has 5 heteroatoms. The van der Waals surface area contributed by atoms with Crippen LogP contribution < -0.4 is 5.73 Å². The summed E-state index contributed by atoms with van der Waals surface area (Å²) in [7, 11) is -0.563. The summed E-state index contributed by atoms with van der Waals surface area (Å²) in [5, 5.41) is 9.79. The average molecular weight is 317 g/mol. The molecule has 1 fully saturated rings. The van der Waals surface area contributed by atoms with Crippen molar-refractivity contribution >= 4 is 18.9 Å². The van der Waals surface area contributed by atoms with Gasteiger partial charge in [0, 0.05) is 5.69 Å². The molecule has 0 bridgehead atoms. The zero-order valence-electron chi connectivity index (χ0n) is 15.0. The van der Waals surface area contributed by atoms with Gasteiger partial charge in [0.25, 0.3) is 0 Å². The number of nitrogen functional groups attached to an aromatic ring is 1. The van der Waals surface area contributed by atoms with Crippen molar-refractivity contribution in [2.24, 2.45) is 0 Å². The Morgan fingerprint density at radius 3 is 2.26 bits per heavy atom. The molecule has 0 aromatic heterocycles. The van der Waals surface area contributed by atoms with Crippen LogP contribution in [0.25, 0.3) is 6.08 Å². The molecule has 0 radical (unpaired) electrons. The Kier molecular flexibility index (Phi) is 4.95. The third kappa shape index (κ3) is 3.62. The van der Waals surface area contributed by atoms with E-state index in [1.807, 2.05) is 45.9 Å². The molecule has 0 amide bonds. The standard InChI is InChI=1S/C18H28BNO3/c1-12(2)13-7-8-16(20)14(9-13)10-15(11-21)19-22-17(3,4)18(5,6)23-19/h7-10,12,21H,11,20H2,1-6H3. The van der Waals surface area contributed by atoms with Crippen LogP contribution in [0, 0.1) is 0 Å². The number of benzene rings is 1. The first-order valence-electron chi connectivity index (χ1n) is 8.14. The van der Waals surface area contributed by atoms with Crippen molar-refractivity contribution in [3.05, 3.63) is 34.8 Å². The molecule has 0 unspecified atom stereocenters. The lowest BCUT2D eigenvalue weighted by Crippen LogP contribution is -2.41. The summed E-state index contributed by atoms with van der Waals surface area (Å²) >= 11 is 0. The first-order chi connectivity index (χ1) is 10.6. The van der Waals surface area contributed by atoms with E-state index in [-0.39, 0.29) is 6.61 Å². The van der Waals surface area contributed by atoms with Gasteiger partial charge >= 0.3 is 7.12 Å². The number of rotatable bonds is 4. The minimum atomic E-state index is -0.563. The highest BCUT2D eigenvalue weighted by Crippen LogP contribution is 2.39. The van der Waals surface area contributed by atoms with Gasteiger partial charge in [0.1, 0.15) is 0 Å². The van der Waals surface area contributed by atoms with Crippen LogP contribution in [0.15, 0.2) is 23.7 Å². The Hall–Kier alpha value is -1.30. The topological polar surface area (TPSA) is 64.7 Å². The van der Waals surface area contributed by atoms with Crippen LogP contribution in [-0.4, -0.2) is 30.0 Å². The maximum atomic E-state index is 9.79. The Morgan fingerprint density at radius 1 is 1.22 bits per heavy atom. The fourth-order valence-corrected chi connectivity index (χ4v) is 2.46. The molecule has 0 atom stereocenters. The number of anilines is 1. The molecule has 0 spiro atoms. The minimum Gasteiger partial charge on any atom is -0.400 e. The Labute approximate surface area is 139 Å². The molecule has 2 rings (SSSR count). The zero-order chi connectivity index (χ0) is 17.4. The monoisotopic (exact) mass is 317 g/mol. The second-order valence-electron chi connectivity index (χ2n) is 7.51. The second-order valence-corrected chi connectivity index (χ2v) is 7.51. The van der Waals surface area contributed by atoms with Crippen molar-refractivity contribution in [1.29, 1.82) is 0 Å². The normalized spacial score (nSPS) is 20.3.